The lowest BCUT2D eigenvalue weighted by Crippen LogP contribution is -2.32. The number of carboxylic acid groups (broad SMARTS) is 1. The average molecular weight is 279 g/mol. The van der Waals surface area contributed by atoms with E-state index in [1.54, 1.807) is 25.1 Å². The molecule has 6 nitrogen and oxygen atoms in total. The minimum atomic E-state index is -0.962. The topological polar surface area (TPSA) is 87.1 Å². The Balaban J connectivity index is 2.37. The van der Waals surface area contributed by atoms with Gasteiger partial charge in [0, 0.05) is 6.54 Å². The summed E-state index contributed by atoms with van der Waals surface area (Å²) in [6.07, 6.45) is -0.595. The number of ether oxygens (including phenoxy) is 1. The van der Waals surface area contributed by atoms with Crippen LogP contribution in [0.4, 0.5) is 5.69 Å². The number of carbonyl (C=O) groups excluding carboxylic acids is 1. The van der Waals surface area contributed by atoms with Crippen LogP contribution in [-0.4, -0.2) is 35.2 Å². The predicted molar refractivity (Wildman–Crippen MR) is 71.8 cm³/mol. The molecule has 1 heterocycles. The van der Waals surface area contributed by atoms with Crippen LogP contribution < -0.4 is 9.64 Å². The van der Waals surface area contributed by atoms with Gasteiger partial charge in [0.2, 0.25) is 5.91 Å². The Morgan fingerprint density at radius 1 is 1.50 bits per heavy atom. The van der Waals surface area contributed by atoms with Gasteiger partial charge in [-0.25, -0.2) is 0 Å². The van der Waals surface area contributed by atoms with Crippen molar-refractivity contribution in [1.82, 2.24) is 0 Å². The van der Waals surface area contributed by atoms with Gasteiger partial charge in [-0.3, -0.25) is 9.59 Å². The van der Waals surface area contributed by atoms with Crippen molar-refractivity contribution in [3.05, 3.63) is 23.8 Å². The highest BCUT2D eigenvalue weighted by Crippen LogP contribution is 2.34. The summed E-state index contributed by atoms with van der Waals surface area (Å²) >= 11 is 0. The molecular weight excluding hydrogens is 262 g/mol. The standard InChI is InChI=1S/C14H17NO5/c1-9(16)10-2-3-12-11(8-10)15(6-4-14(18)19)13(17)5-7-20-12/h2-3,8-9,16H,4-7H2,1H3,(H,18,19). The Hall–Kier alpha value is -2.08. The first kappa shape index (κ1) is 14.3. The highest BCUT2D eigenvalue weighted by atomic mass is 16.5. The third kappa shape index (κ3) is 3.08. The third-order valence-corrected chi connectivity index (χ3v) is 3.18. The Morgan fingerprint density at radius 2 is 2.25 bits per heavy atom. The number of hydrogen-bond donors (Lipinski definition) is 2. The lowest BCUT2D eigenvalue weighted by Gasteiger charge is -2.22. The fraction of sp³-hybridized carbons (Fsp3) is 0.429. The van der Waals surface area contributed by atoms with Crippen LogP contribution in [0.3, 0.4) is 0 Å². The molecule has 0 radical (unpaired) electrons. The van der Waals surface area contributed by atoms with Gasteiger partial charge in [-0.05, 0) is 24.6 Å². The molecule has 1 atom stereocenters. The van der Waals surface area contributed by atoms with E-state index in [4.69, 9.17) is 9.84 Å². The summed E-state index contributed by atoms with van der Waals surface area (Å²) < 4.78 is 5.50. The lowest BCUT2D eigenvalue weighted by atomic mass is 10.1. The van der Waals surface area contributed by atoms with Crippen LogP contribution in [0.5, 0.6) is 5.75 Å². The number of aliphatic carboxylic acids is 1. The fourth-order valence-electron chi connectivity index (χ4n) is 2.10. The van der Waals surface area contributed by atoms with Gasteiger partial charge in [-0.2, -0.15) is 0 Å². The first-order valence-corrected chi connectivity index (χ1v) is 6.46. The molecule has 0 saturated heterocycles. The van der Waals surface area contributed by atoms with Gasteiger partial charge in [-0.15, -0.1) is 0 Å². The highest BCUT2D eigenvalue weighted by Gasteiger charge is 2.24. The second-order valence-corrected chi connectivity index (χ2v) is 4.69. The maximum absolute atomic E-state index is 12.1. The molecule has 2 rings (SSSR count). The second-order valence-electron chi connectivity index (χ2n) is 4.69. The molecule has 1 aromatic rings. The summed E-state index contributed by atoms with van der Waals surface area (Å²) in [5, 5.41) is 18.4. The molecule has 108 valence electrons. The number of fused-ring (bicyclic) bond motifs is 1. The number of carbonyl (C=O) groups is 2. The van der Waals surface area contributed by atoms with Crippen molar-refractivity contribution in [1.29, 1.82) is 0 Å². The van der Waals surface area contributed by atoms with Crippen molar-refractivity contribution in [2.24, 2.45) is 0 Å². The Bertz CT molecular complexity index is 526. The Morgan fingerprint density at radius 3 is 2.90 bits per heavy atom. The molecule has 0 saturated carbocycles. The summed E-state index contributed by atoms with van der Waals surface area (Å²) in [7, 11) is 0. The van der Waals surface area contributed by atoms with E-state index >= 15 is 0 Å². The van der Waals surface area contributed by atoms with E-state index in [9.17, 15) is 14.7 Å². The molecule has 0 aromatic heterocycles. The van der Waals surface area contributed by atoms with Gasteiger partial charge in [-0.1, -0.05) is 6.07 Å². The van der Waals surface area contributed by atoms with Crippen molar-refractivity contribution in [3.63, 3.8) is 0 Å². The van der Waals surface area contributed by atoms with Crippen molar-refractivity contribution in [2.45, 2.75) is 25.9 Å². The van der Waals surface area contributed by atoms with Crippen molar-refractivity contribution < 1.29 is 24.5 Å². The first-order chi connectivity index (χ1) is 9.49. The smallest absolute Gasteiger partial charge is 0.305 e. The highest BCUT2D eigenvalue weighted by molar-refractivity contribution is 5.96. The van der Waals surface area contributed by atoms with Crippen LogP contribution >= 0.6 is 0 Å². The van der Waals surface area contributed by atoms with Crippen molar-refractivity contribution >= 4 is 17.6 Å². The molecule has 6 heteroatoms. The molecular formula is C14H17NO5. The van der Waals surface area contributed by atoms with Gasteiger partial charge < -0.3 is 19.8 Å². The van der Waals surface area contributed by atoms with Crippen LogP contribution in [0.2, 0.25) is 0 Å². The van der Waals surface area contributed by atoms with E-state index < -0.39 is 12.1 Å². The van der Waals surface area contributed by atoms with Crippen molar-refractivity contribution in [2.75, 3.05) is 18.1 Å². The summed E-state index contributed by atoms with van der Waals surface area (Å²) in [5.41, 5.74) is 1.18. The van der Waals surface area contributed by atoms with Crippen LogP contribution in [0.1, 0.15) is 31.4 Å². The SMILES string of the molecule is CC(O)c1ccc2c(c1)N(CCC(=O)O)C(=O)CCO2. The number of nitrogens with zero attached hydrogens (tertiary/aromatic N) is 1. The van der Waals surface area contributed by atoms with E-state index in [-0.39, 0.29) is 31.9 Å². The molecule has 1 amide bonds. The zero-order valence-electron chi connectivity index (χ0n) is 11.2. The van der Waals surface area contributed by atoms with Crippen LogP contribution in [0, 0.1) is 0 Å². The van der Waals surface area contributed by atoms with E-state index in [1.807, 2.05) is 0 Å². The monoisotopic (exact) mass is 279 g/mol. The zero-order chi connectivity index (χ0) is 14.7. The number of carboxylic acids is 1. The molecule has 0 fully saturated rings. The van der Waals surface area contributed by atoms with Gasteiger partial charge in [0.25, 0.3) is 0 Å². The summed E-state index contributed by atoms with van der Waals surface area (Å²) in [4.78, 5) is 24.2. The largest absolute Gasteiger partial charge is 0.491 e. The molecule has 1 aromatic carbocycles. The number of rotatable bonds is 4. The number of aliphatic hydroxyl groups is 1. The Labute approximate surface area is 116 Å². The van der Waals surface area contributed by atoms with Crippen LogP contribution in [0.15, 0.2) is 18.2 Å². The number of benzene rings is 1. The molecule has 2 N–H and O–H groups in total. The molecule has 0 spiro atoms. The average Bonchev–Trinajstić information content (AvgIpc) is 2.54. The third-order valence-electron chi connectivity index (χ3n) is 3.18. The number of aliphatic hydroxyl groups excluding tert-OH is 1. The second kappa shape index (κ2) is 5.92. The minimum absolute atomic E-state index is 0.0911. The molecule has 0 bridgehead atoms. The van der Waals surface area contributed by atoms with Crippen molar-refractivity contribution in [3.8, 4) is 5.75 Å². The number of anilines is 1. The van der Waals surface area contributed by atoms with E-state index in [0.717, 1.165) is 0 Å². The van der Waals surface area contributed by atoms with Crippen LogP contribution in [0.25, 0.3) is 0 Å². The quantitative estimate of drug-likeness (QED) is 0.868. The lowest BCUT2D eigenvalue weighted by molar-refractivity contribution is -0.136. The van der Waals surface area contributed by atoms with E-state index in [0.29, 0.717) is 17.0 Å². The summed E-state index contributed by atoms with van der Waals surface area (Å²) in [6.45, 7) is 1.99. The van der Waals surface area contributed by atoms with Gasteiger partial charge in [0.05, 0.1) is 31.2 Å². The number of hydrogen-bond acceptors (Lipinski definition) is 4. The van der Waals surface area contributed by atoms with E-state index in [2.05, 4.69) is 0 Å². The van der Waals surface area contributed by atoms with Gasteiger partial charge in [0.15, 0.2) is 0 Å². The predicted octanol–water partition coefficient (Wildman–Crippen LogP) is 1.33. The molecule has 1 aliphatic heterocycles. The maximum Gasteiger partial charge on any atom is 0.305 e. The molecule has 20 heavy (non-hydrogen) atoms. The first-order valence-electron chi connectivity index (χ1n) is 6.46. The fourth-order valence-corrected chi connectivity index (χ4v) is 2.10. The minimum Gasteiger partial charge on any atom is -0.491 e. The molecule has 1 aliphatic rings. The number of amides is 1. The van der Waals surface area contributed by atoms with Crippen LogP contribution in [-0.2, 0) is 9.59 Å². The summed E-state index contributed by atoms with van der Waals surface area (Å²) in [6, 6.07) is 5.10. The maximum atomic E-state index is 12.1. The normalized spacial score (nSPS) is 16.1. The van der Waals surface area contributed by atoms with Gasteiger partial charge >= 0.3 is 5.97 Å². The van der Waals surface area contributed by atoms with E-state index in [1.165, 1.54) is 4.90 Å². The molecule has 0 aliphatic carbocycles. The molecule has 1 unspecified atom stereocenters. The van der Waals surface area contributed by atoms with Gasteiger partial charge in [0.1, 0.15) is 5.75 Å². The summed E-state index contributed by atoms with van der Waals surface area (Å²) in [5.74, 6) is -0.602. The Kier molecular flexibility index (Phi) is 4.24. The zero-order valence-corrected chi connectivity index (χ0v) is 11.2.